The number of nitrogens with zero attached hydrogens (tertiary/aromatic N) is 2. The molecule has 0 saturated heterocycles. The number of anilines is 3. The van der Waals surface area contributed by atoms with E-state index in [0.29, 0.717) is 0 Å². The summed E-state index contributed by atoms with van der Waals surface area (Å²) in [5.74, 6) is 2.32. The molecular formula is C20H21ClN4. The maximum absolute atomic E-state index is 6.02. The molecule has 0 aliphatic heterocycles. The molecule has 1 heterocycles. The van der Waals surface area contributed by atoms with Gasteiger partial charge in [-0.2, -0.15) is 0 Å². The number of hydrogen-bond acceptors (Lipinski definition) is 4. The van der Waals surface area contributed by atoms with E-state index in [1.54, 1.807) is 0 Å². The molecule has 5 heteroatoms. The van der Waals surface area contributed by atoms with E-state index < -0.39 is 0 Å². The highest BCUT2D eigenvalue weighted by Gasteiger charge is 2.04. The largest absolute Gasteiger partial charge is 0.370 e. The predicted octanol–water partition coefficient (Wildman–Crippen LogP) is 5.15. The van der Waals surface area contributed by atoms with Gasteiger partial charge < -0.3 is 10.6 Å². The lowest BCUT2D eigenvalue weighted by molar-refractivity contribution is 0.983. The van der Waals surface area contributed by atoms with Gasteiger partial charge in [0.2, 0.25) is 0 Å². The third-order valence-electron chi connectivity index (χ3n) is 3.85. The Labute approximate surface area is 153 Å². The standard InChI is InChI=1S/C20H21ClN4/c1-14-6-3-4-9-18(14)25-20-13-19(23-15(2)24-20)22-11-10-16-7-5-8-17(21)12-16/h3-9,12-13H,10-11H2,1-2H3,(H2,22,23,24,25). The van der Waals surface area contributed by atoms with Crippen molar-refractivity contribution in [1.29, 1.82) is 0 Å². The van der Waals surface area contributed by atoms with Crippen LogP contribution in [0.3, 0.4) is 0 Å². The smallest absolute Gasteiger partial charge is 0.136 e. The van der Waals surface area contributed by atoms with E-state index >= 15 is 0 Å². The lowest BCUT2D eigenvalue weighted by atomic mass is 10.1. The van der Waals surface area contributed by atoms with Crippen LogP contribution in [-0.4, -0.2) is 16.5 Å². The molecule has 2 N–H and O–H groups in total. The van der Waals surface area contributed by atoms with E-state index in [9.17, 15) is 0 Å². The van der Waals surface area contributed by atoms with Crippen molar-refractivity contribution in [1.82, 2.24) is 9.97 Å². The number of hydrogen-bond donors (Lipinski definition) is 2. The number of halogens is 1. The second-order valence-corrected chi connectivity index (χ2v) is 6.37. The molecule has 0 saturated carbocycles. The summed E-state index contributed by atoms with van der Waals surface area (Å²) < 4.78 is 0. The molecule has 0 amide bonds. The van der Waals surface area contributed by atoms with Crippen LogP contribution >= 0.6 is 11.6 Å². The molecule has 0 fully saturated rings. The van der Waals surface area contributed by atoms with E-state index in [0.717, 1.165) is 41.1 Å². The van der Waals surface area contributed by atoms with Crippen molar-refractivity contribution < 1.29 is 0 Å². The Hall–Kier alpha value is -2.59. The molecule has 4 nitrogen and oxygen atoms in total. The molecule has 0 atom stereocenters. The first-order chi connectivity index (χ1) is 12.1. The fourth-order valence-corrected chi connectivity index (χ4v) is 2.81. The fraction of sp³-hybridized carbons (Fsp3) is 0.200. The van der Waals surface area contributed by atoms with E-state index in [1.807, 2.05) is 49.4 Å². The zero-order valence-electron chi connectivity index (χ0n) is 14.4. The Kier molecular flexibility index (Phi) is 5.51. The van der Waals surface area contributed by atoms with Crippen LogP contribution in [-0.2, 0) is 6.42 Å². The molecule has 0 radical (unpaired) electrons. The van der Waals surface area contributed by atoms with Gasteiger partial charge in [0.05, 0.1) is 0 Å². The quantitative estimate of drug-likeness (QED) is 0.644. The Morgan fingerprint density at radius 3 is 2.52 bits per heavy atom. The summed E-state index contributed by atoms with van der Waals surface area (Å²) in [4.78, 5) is 8.93. The first kappa shape index (κ1) is 17.2. The van der Waals surface area contributed by atoms with Gasteiger partial charge in [-0.05, 0) is 49.6 Å². The average Bonchev–Trinajstić information content (AvgIpc) is 2.57. The molecule has 0 bridgehead atoms. The van der Waals surface area contributed by atoms with Gasteiger partial charge >= 0.3 is 0 Å². The fourth-order valence-electron chi connectivity index (χ4n) is 2.60. The van der Waals surface area contributed by atoms with Crippen LogP contribution in [0.4, 0.5) is 17.3 Å². The van der Waals surface area contributed by atoms with Crippen molar-refractivity contribution in [3.05, 3.63) is 76.6 Å². The van der Waals surface area contributed by atoms with Crippen LogP contribution in [0.15, 0.2) is 54.6 Å². The van der Waals surface area contributed by atoms with Crippen molar-refractivity contribution >= 4 is 28.9 Å². The maximum Gasteiger partial charge on any atom is 0.136 e. The normalized spacial score (nSPS) is 10.5. The summed E-state index contributed by atoms with van der Waals surface area (Å²) in [5, 5.41) is 7.48. The minimum atomic E-state index is 0.726. The van der Waals surface area contributed by atoms with Gasteiger partial charge in [-0.1, -0.05) is 41.9 Å². The van der Waals surface area contributed by atoms with Crippen molar-refractivity contribution in [2.24, 2.45) is 0 Å². The second kappa shape index (κ2) is 7.99. The maximum atomic E-state index is 6.02. The molecule has 0 spiro atoms. The van der Waals surface area contributed by atoms with Crippen molar-refractivity contribution in [2.75, 3.05) is 17.2 Å². The first-order valence-corrected chi connectivity index (χ1v) is 8.64. The van der Waals surface area contributed by atoms with E-state index in [-0.39, 0.29) is 0 Å². The number of para-hydroxylation sites is 1. The van der Waals surface area contributed by atoms with Crippen LogP contribution in [0.1, 0.15) is 17.0 Å². The zero-order valence-corrected chi connectivity index (χ0v) is 15.1. The van der Waals surface area contributed by atoms with E-state index in [1.165, 1.54) is 11.1 Å². The molecule has 3 aromatic rings. The van der Waals surface area contributed by atoms with Crippen molar-refractivity contribution in [3.63, 3.8) is 0 Å². The topological polar surface area (TPSA) is 49.8 Å². The van der Waals surface area contributed by atoms with Gasteiger partial charge in [0.1, 0.15) is 17.5 Å². The Morgan fingerprint density at radius 2 is 1.72 bits per heavy atom. The number of aromatic nitrogens is 2. The molecule has 0 aliphatic carbocycles. The lowest BCUT2D eigenvalue weighted by Crippen LogP contribution is -2.08. The van der Waals surface area contributed by atoms with Crippen LogP contribution in [0.2, 0.25) is 5.02 Å². The van der Waals surface area contributed by atoms with Crippen molar-refractivity contribution in [2.45, 2.75) is 20.3 Å². The minimum Gasteiger partial charge on any atom is -0.370 e. The lowest BCUT2D eigenvalue weighted by Gasteiger charge is -2.12. The summed E-state index contributed by atoms with van der Waals surface area (Å²) in [7, 11) is 0. The number of nitrogens with one attached hydrogen (secondary N) is 2. The SMILES string of the molecule is Cc1nc(NCCc2cccc(Cl)c2)cc(Nc2ccccc2C)n1. The predicted molar refractivity (Wildman–Crippen MR) is 105 cm³/mol. The molecule has 128 valence electrons. The number of rotatable bonds is 6. The van der Waals surface area contributed by atoms with Crippen LogP contribution in [0, 0.1) is 13.8 Å². The monoisotopic (exact) mass is 352 g/mol. The number of benzene rings is 2. The Morgan fingerprint density at radius 1 is 0.920 bits per heavy atom. The van der Waals surface area contributed by atoms with Crippen LogP contribution in [0.25, 0.3) is 0 Å². The van der Waals surface area contributed by atoms with Crippen molar-refractivity contribution in [3.8, 4) is 0 Å². The van der Waals surface area contributed by atoms with E-state index in [4.69, 9.17) is 11.6 Å². The molecule has 0 aliphatic rings. The molecule has 2 aromatic carbocycles. The minimum absolute atomic E-state index is 0.726. The summed E-state index contributed by atoms with van der Waals surface area (Å²) in [6, 6.07) is 18.0. The zero-order chi connectivity index (χ0) is 17.6. The highest BCUT2D eigenvalue weighted by Crippen LogP contribution is 2.20. The van der Waals surface area contributed by atoms with Gasteiger partial charge in [0.15, 0.2) is 0 Å². The highest BCUT2D eigenvalue weighted by molar-refractivity contribution is 6.30. The third kappa shape index (κ3) is 4.94. The molecule has 0 unspecified atom stereocenters. The first-order valence-electron chi connectivity index (χ1n) is 8.27. The highest BCUT2D eigenvalue weighted by atomic mass is 35.5. The van der Waals surface area contributed by atoms with Crippen LogP contribution in [0.5, 0.6) is 0 Å². The Balaban J connectivity index is 1.66. The summed E-state index contributed by atoms with van der Waals surface area (Å²) in [5.41, 5.74) is 3.42. The molecule has 1 aromatic heterocycles. The Bertz CT molecular complexity index is 864. The third-order valence-corrected chi connectivity index (χ3v) is 4.09. The summed E-state index contributed by atoms with van der Waals surface area (Å²) in [6.07, 6.45) is 0.879. The van der Waals surface area contributed by atoms with Gasteiger partial charge in [-0.15, -0.1) is 0 Å². The number of aryl methyl sites for hydroxylation is 2. The summed E-state index contributed by atoms with van der Waals surface area (Å²) in [6.45, 7) is 4.74. The average molecular weight is 353 g/mol. The second-order valence-electron chi connectivity index (χ2n) is 5.93. The van der Waals surface area contributed by atoms with E-state index in [2.05, 4.69) is 39.7 Å². The van der Waals surface area contributed by atoms with Gasteiger partial charge in [-0.3, -0.25) is 0 Å². The van der Waals surface area contributed by atoms with Gasteiger partial charge in [0, 0.05) is 23.3 Å². The molecule has 3 rings (SSSR count). The summed E-state index contributed by atoms with van der Waals surface area (Å²) >= 11 is 6.02. The van der Waals surface area contributed by atoms with Gasteiger partial charge in [-0.25, -0.2) is 9.97 Å². The molecular weight excluding hydrogens is 332 g/mol. The van der Waals surface area contributed by atoms with Crippen LogP contribution < -0.4 is 10.6 Å². The van der Waals surface area contributed by atoms with Gasteiger partial charge in [0.25, 0.3) is 0 Å². The molecule has 25 heavy (non-hydrogen) atoms.